The number of cyclic esters (lactones) is 1. The molecule has 34 heavy (non-hydrogen) atoms. The van der Waals surface area contributed by atoms with Crippen molar-refractivity contribution in [3.8, 4) is 0 Å². The predicted molar refractivity (Wildman–Crippen MR) is 129 cm³/mol. The Morgan fingerprint density at radius 2 is 1.47 bits per heavy atom. The van der Waals surface area contributed by atoms with Crippen LogP contribution < -0.4 is 0 Å². The Kier molecular flexibility index (Phi) is 5.56. The summed E-state index contributed by atoms with van der Waals surface area (Å²) < 4.78 is 6.24. The van der Waals surface area contributed by atoms with Crippen LogP contribution in [0.15, 0.2) is 60.7 Å². The van der Waals surface area contributed by atoms with Gasteiger partial charge in [0.15, 0.2) is 5.60 Å². The van der Waals surface area contributed by atoms with Gasteiger partial charge in [0.05, 0.1) is 0 Å². The third-order valence-electron chi connectivity index (χ3n) is 8.20. The molecule has 1 aliphatic carbocycles. The number of benzene rings is 2. The molecule has 0 bridgehead atoms. The monoisotopic (exact) mass is 459 g/mol. The number of nitrogens with zero attached hydrogens (tertiary/aromatic N) is 3. The van der Waals surface area contributed by atoms with Gasteiger partial charge in [0.2, 0.25) is 5.91 Å². The van der Waals surface area contributed by atoms with E-state index < -0.39 is 5.60 Å². The first-order chi connectivity index (χ1) is 16.6. The van der Waals surface area contributed by atoms with Crippen molar-refractivity contribution in [1.82, 2.24) is 14.7 Å². The molecule has 2 amide bonds. The quantitative estimate of drug-likeness (QED) is 0.684. The normalized spacial score (nSPS) is 25.2. The molecule has 0 aromatic heterocycles. The molecule has 6 heteroatoms. The van der Waals surface area contributed by atoms with E-state index in [4.69, 9.17) is 4.74 Å². The number of amides is 2. The summed E-state index contributed by atoms with van der Waals surface area (Å²) in [7, 11) is 0. The number of hydrogen-bond acceptors (Lipinski definition) is 4. The number of rotatable bonds is 5. The Morgan fingerprint density at radius 3 is 2.06 bits per heavy atom. The molecule has 6 nitrogen and oxygen atoms in total. The molecule has 3 aliphatic heterocycles. The summed E-state index contributed by atoms with van der Waals surface area (Å²) in [6.45, 7) is 4.84. The van der Waals surface area contributed by atoms with Crippen molar-refractivity contribution in [3.05, 3.63) is 71.8 Å². The van der Waals surface area contributed by atoms with Gasteiger partial charge in [0.25, 0.3) is 0 Å². The fourth-order valence-electron chi connectivity index (χ4n) is 6.14. The van der Waals surface area contributed by atoms with Crippen LogP contribution >= 0.6 is 0 Å². The number of ether oxygens (including phenoxy) is 1. The van der Waals surface area contributed by atoms with Crippen LogP contribution in [-0.2, 0) is 15.1 Å². The molecule has 1 saturated carbocycles. The average Bonchev–Trinajstić information content (AvgIpc) is 3.66. The Bertz CT molecular complexity index is 992. The van der Waals surface area contributed by atoms with Gasteiger partial charge in [-0.05, 0) is 44.7 Å². The third kappa shape index (κ3) is 3.78. The van der Waals surface area contributed by atoms with E-state index in [0.717, 1.165) is 43.0 Å². The summed E-state index contributed by atoms with van der Waals surface area (Å²) >= 11 is 0. The number of fused-ring (bicyclic) bond motifs is 1. The molecule has 6 rings (SSSR count). The Labute approximate surface area is 201 Å². The van der Waals surface area contributed by atoms with E-state index in [1.807, 2.05) is 70.5 Å². The zero-order valence-corrected chi connectivity index (χ0v) is 19.6. The van der Waals surface area contributed by atoms with E-state index in [1.54, 1.807) is 0 Å². The first kappa shape index (κ1) is 21.7. The molecule has 1 unspecified atom stereocenters. The van der Waals surface area contributed by atoms with E-state index in [-0.39, 0.29) is 24.0 Å². The smallest absolute Gasteiger partial charge is 0.411 e. The van der Waals surface area contributed by atoms with Gasteiger partial charge < -0.3 is 14.5 Å². The summed E-state index contributed by atoms with van der Waals surface area (Å²) in [4.78, 5) is 33.1. The van der Waals surface area contributed by atoms with E-state index >= 15 is 0 Å². The molecule has 3 heterocycles. The maximum atomic E-state index is 13.6. The first-order valence-corrected chi connectivity index (χ1v) is 12.8. The first-order valence-electron chi connectivity index (χ1n) is 12.8. The zero-order chi connectivity index (χ0) is 23.1. The van der Waals surface area contributed by atoms with E-state index in [2.05, 4.69) is 4.90 Å². The Morgan fingerprint density at radius 1 is 0.853 bits per heavy atom. The van der Waals surface area contributed by atoms with Crippen LogP contribution in [0.4, 0.5) is 4.79 Å². The van der Waals surface area contributed by atoms with Crippen molar-refractivity contribution < 1.29 is 14.3 Å². The fourth-order valence-corrected chi connectivity index (χ4v) is 6.14. The second-order valence-corrected chi connectivity index (χ2v) is 10.3. The minimum Gasteiger partial charge on any atom is -0.431 e. The van der Waals surface area contributed by atoms with Gasteiger partial charge in [0.1, 0.15) is 6.04 Å². The van der Waals surface area contributed by atoms with E-state index in [0.29, 0.717) is 19.6 Å². The maximum absolute atomic E-state index is 13.6. The topological polar surface area (TPSA) is 53.1 Å². The van der Waals surface area contributed by atoms with E-state index in [1.165, 1.54) is 19.4 Å². The lowest BCUT2D eigenvalue weighted by molar-refractivity contribution is -0.140. The van der Waals surface area contributed by atoms with Gasteiger partial charge >= 0.3 is 6.09 Å². The highest BCUT2D eigenvalue weighted by molar-refractivity contribution is 5.80. The number of carbonyl (C=O) groups excluding carboxylic acids is 2. The van der Waals surface area contributed by atoms with Crippen LogP contribution in [0.3, 0.4) is 0 Å². The maximum Gasteiger partial charge on any atom is 0.411 e. The third-order valence-corrected chi connectivity index (χ3v) is 8.20. The predicted octanol–water partition coefficient (Wildman–Crippen LogP) is 3.72. The van der Waals surface area contributed by atoms with Gasteiger partial charge in [-0.25, -0.2) is 4.79 Å². The summed E-state index contributed by atoms with van der Waals surface area (Å²) in [5.41, 5.74) is 0.973. The molecular formula is C28H33N3O3. The van der Waals surface area contributed by atoms with Gasteiger partial charge in [0, 0.05) is 43.2 Å². The largest absolute Gasteiger partial charge is 0.431 e. The SMILES string of the molecule is O=C(C1CCN(CC2CC2)CC1)N1CCN2C(=O)OC(c3ccccc3)(c3ccccc3)C2C1. The summed E-state index contributed by atoms with van der Waals surface area (Å²) in [5, 5.41) is 0. The van der Waals surface area contributed by atoms with Crippen LogP contribution in [-0.4, -0.2) is 72.0 Å². The molecule has 1 atom stereocenters. The number of hydrogen-bond donors (Lipinski definition) is 0. The summed E-state index contributed by atoms with van der Waals surface area (Å²) in [5.74, 6) is 1.23. The lowest BCUT2D eigenvalue weighted by Crippen LogP contribution is -2.59. The molecular weight excluding hydrogens is 426 g/mol. The molecule has 0 N–H and O–H groups in total. The highest BCUT2D eigenvalue weighted by atomic mass is 16.6. The van der Waals surface area contributed by atoms with Gasteiger partial charge in [-0.15, -0.1) is 0 Å². The fraction of sp³-hybridized carbons (Fsp3) is 0.500. The minimum absolute atomic E-state index is 0.0860. The van der Waals surface area contributed by atoms with Crippen molar-refractivity contribution in [3.63, 3.8) is 0 Å². The molecule has 178 valence electrons. The summed E-state index contributed by atoms with van der Waals surface area (Å²) in [6, 6.07) is 19.7. The van der Waals surface area contributed by atoms with Crippen molar-refractivity contribution >= 4 is 12.0 Å². The molecule has 3 saturated heterocycles. The number of piperazine rings is 1. The standard InChI is InChI=1S/C28H33N3O3/c32-26(22-13-15-29(16-14-22)19-21-11-12-21)30-17-18-31-25(20-30)28(34-27(31)33,23-7-3-1-4-8-23)24-9-5-2-6-10-24/h1-10,21-22,25H,11-20H2. The Hall–Kier alpha value is -2.86. The second kappa shape index (κ2) is 8.73. The zero-order valence-electron chi connectivity index (χ0n) is 19.6. The second-order valence-electron chi connectivity index (χ2n) is 10.3. The van der Waals surface area contributed by atoms with Gasteiger partial charge in [-0.1, -0.05) is 60.7 Å². The molecule has 4 fully saturated rings. The lowest BCUT2D eigenvalue weighted by Gasteiger charge is -2.43. The van der Waals surface area contributed by atoms with Gasteiger partial charge in [-0.2, -0.15) is 0 Å². The van der Waals surface area contributed by atoms with Gasteiger partial charge in [-0.3, -0.25) is 9.69 Å². The highest BCUT2D eigenvalue weighted by Gasteiger charge is 2.58. The molecule has 0 radical (unpaired) electrons. The number of likely N-dealkylation sites (tertiary alicyclic amines) is 1. The average molecular weight is 460 g/mol. The molecule has 0 spiro atoms. The van der Waals surface area contributed by atoms with Crippen LogP contribution in [0, 0.1) is 11.8 Å². The van der Waals surface area contributed by atoms with E-state index in [9.17, 15) is 9.59 Å². The highest BCUT2D eigenvalue weighted by Crippen LogP contribution is 2.46. The number of piperidine rings is 1. The van der Waals surface area contributed by atoms with Crippen LogP contribution in [0.1, 0.15) is 36.8 Å². The summed E-state index contributed by atoms with van der Waals surface area (Å²) in [6.07, 6.45) is 4.33. The van der Waals surface area contributed by atoms with Crippen molar-refractivity contribution in [2.45, 2.75) is 37.3 Å². The molecule has 2 aromatic carbocycles. The molecule has 2 aromatic rings. The van der Waals surface area contributed by atoms with Crippen LogP contribution in [0.25, 0.3) is 0 Å². The molecule has 4 aliphatic rings. The van der Waals surface area contributed by atoms with Crippen LogP contribution in [0.5, 0.6) is 0 Å². The van der Waals surface area contributed by atoms with Crippen molar-refractivity contribution in [1.29, 1.82) is 0 Å². The minimum atomic E-state index is -0.924. The Balaban J connectivity index is 1.25. The lowest BCUT2D eigenvalue weighted by atomic mass is 9.79. The van der Waals surface area contributed by atoms with Crippen molar-refractivity contribution in [2.24, 2.45) is 11.8 Å². The number of carbonyl (C=O) groups is 2. The van der Waals surface area contributed by atoms with Crippen LogP contribution in [0.2, 0.25) is 0 Å². The van der Waals surface area contributed by atoms with Crippen molar-refractivity contribution in [2.75, 3.05) is 39.3 Å².